The lowest BCUT2D eigenvalue weighted by Gasteiger charge is -2.19. The van der Waals surface area contributed by atoms with Crippen LogP contribution in [0, 0.1) is 6.92 Å². The Hall–Kier alpha value is -2.76. The van der Waals surface area contributed by atoms with Gasteiger partial charge in [-0.05, 0) is 54.3 Å². The van der Waals surface area contributed by atoms with Gasteiger partial charge in [0.15, 0.2) is 5.78 Å². The zero-order valence-corrected chi connectivity index (χ0v) is 15.2. The summed E-state index contributed by atoms with van der Waals surface area (Å²) in [5, 5.41) is 0. The van der Waals surface area contributed by atoms with Gasteiger partial charge >= 0.3 is 0 Å². The van der Waals surface area contributed by atoms with E-state index in [1.807, 2.05) is 31.2 Å². The lowest BCUT2D eigenvalue weighted by Crippen LogP contribution is -2.06. The number of hydrogen-bond donors (Lipinski definition) is 0. The predicted octanol–water partition coefficient (Wildman–Crippen LogP) is 3.79. The number of carbonyl (C=O) groups excluding carboxylic acids is 1. The molecule has 0 radical (unpaired) electrons. The predicted molar refractivity (Wildman–Crippen MR) is 99.5 cm³/mol. The third kappa shape index (κ3) is 3.59. The first-order chi connectivity index (χ1) is 12.3. The van der Waals surface area contributed by atoms with E-state index in [0.717, 1.165) is 11.1 Å². The number of ketones is 1. The summed E-state index contributed by atoms with van der Waals surface area (Å²) >= 11 is 0. The van der Waals surface area contributed by atoms with Gasteiger partial charge in [-0.3, -0.25) is 4.79 Å². The summed E-state index contributed by atoms with van der Waals surface area (Å²) in [4.78, 5) is 11.5. The highest BCUT2D eigenvalue weighted by atomic mass is 32.2. The second-order valence-corrected chi connectivity index (χ2v) is 7.52. The number of carbonyl (C=O) groups is 1. The molecule has 2 aromatic rings. The standard InChI is InChI=1S/C21H18O4S/c1-14-6-5-7-16(12-14)21(17-10-11-19(22)15(2)13-17)18-8-3-4-9-20(18)26(23,24)25/h3-13H,1-2H3,(H,23,24,25)/p-1/b21-17-. The molecular formula is C21H17O4S-. The number of allylic oxidation sites excluding steroid dienone is 5. The molecule has 1 aliphatic rings. The smallest absolute Gasteiger partial charge is 0.181 e. The molecule has 4 nitrogen and oxygen atoms in total. The molecule has 132 valence electrons. The van der Waals surface area contributed by atoms with Crippen molar-refractivity contribution in [3.05, 3.63) is 94.6 Å². The Balaban J connectivity index is 2.39. The molecule has 0 N–H and O–H groups in total. The lowest BCUT2D eigenvalue weighted by atomic mass is 9.89. The Bertz CT molecular complexity index is 1090. The average molecular weight is 365 g/mol. The summed E-state index contributed by atoms with van der Waals surface area (Å²) in [6.07, 6.45) is 4.82. The van der Waals surface area contributed by atoms with Gasteiger partial charge in [-0.15, -0.1) is 0 Å². The Kier molecular flexibility index (Phi) is 4.76. The van der Waals surface area contributed by atoms with Crippen LogP contribution in [0.2, 0.25) is 0 Å². The maximum Gasteiger partial charge on any atom is 0.181 e. The van der Waals surface area contributed by atoms with Crippen molar-refractivity contribution >= 4 is 21.5 Å². The Labute approximate surface area is 152 Å². The topological polar surface area (TPSA) is 74.3 Å². The van der Waals surface area contributed by atoms with Crippen molar-refractivity contribution in [2.24, 2.45) is 0 Å². The molecule has 0 spiro atoms. The van der Waals surface area contributed by atoms with E-state index in [1.54, 1.807) is 31.2 Å². The first-order valence-electron chi connectivity index (χ1n) is 8.04. The van der Waals surface area contributed by atoms with Gasteiger partial charge in [-0.2, -0.15) is 0 Å². The van der Waals surface area contributed by atoms with Gasteiger partial charge in [0.1, 0.15) is 10.1 Å². The summed E-state index contributed by atoms with van der Waals surface area (Å²) < 4.78 is 35.4. The van der Waals surface area contributed by atoms with E-state index in [4.69, 9.17) is 0 Å². The van der Waals surface area contributed by atoms with Crippen molar-refractivity contribution in [1.82, 2.24) is 0 Å². The number of benzene rings is 2. The van der Waals surface area contributed by atoms with E-state index in [-0.39, 0.29) is 10.7 Å². The van der Waals surface area contributed by atoms with Crippen molar-refractivity contribution in [1.29, 1.82) is 0 Å². The maximum absolute atomic E-state index is 11.8. The molecule has 0 unspecified atom stereocenters. The third-order valence-corrected chi connectivity index (χ3v) is 5.09. The molecule has 0 amide bonds. The van der Waals surface area contributed by atoms with Gasteiger partial charge in [0.2, 0.25) is 0 Å². The van der Waals surface area contributed by atoms with Gasteiger partial charge < -0.3 is 4.55 Å². The molecule has 0 fully saturated rings. The fraction of sp³-hybridized carbons (Fsp3) is 0.0952. The van der Waals surface area contributed by atoms with E-state index in [2.05, 4.69) is 0 Å². The van der Waals surface area contributed by atoms with Crippen molar-refractivity contribution in [3.8, 4) is 0 Å². The van der Waals surface area contributed by atoms with Crippen LogP contribution < -0.4 is 0 Å². The van der Waals surface area contributed by atoms with E-state index < -0.39 is 10.1 Å². The summed E-state index contributed by atoms with van der Waals surface area (Å²) in [6.45, 7) is 3.64. The Morgan fingerprint density at radius 2 is 1.69 bits per heavy atom. The molecule has 0 heterocycles. The van der Waals surface area contributed by atoms with Gasteiger partial charge in [0, 0.05) is 5.56 Å². The first kappa shape index (κ1) is 18.0. The van der Waals surface area contributed by atoms with Crippen LogP contribution in [-0.4, -0.2) is 18.8 Å². The van der Waals surface area contributed by atoms with Gasteiger partial charge in [-0.25, -0.2) is 8.42 Å². The monoisotopic (exact) mass is 365 g/mol. The summed E-state index contributed by atoms with van der Waals surface area (Å²) in [6, 6.07) is 13.7. The average Bonchev–Trinajstić information content (AvgIpc) is 2.58. The second-order valence-electron chi connectivity index (χ2n) is 6.18. The largest absolute Gasteiger partial charge is 0.744 e. The zero-order valence-electron chi connectivity index (χ0n) is 14.4. The molecule has 26 heavy (non-hydrogen) atoms. The normalized spacial score (nSPS) is 16.4. The molecule has 0 saturated carbocycles. The van der Waals surface area contributed by atoms with Crippen LogP contribution in [0.5, 0.6) is 0 Å². The van der Waals surface area contributed by atoms with Gasteiger partial charge in [0.25, 0.3) is 0 Å². The fourth-order valence-corrected chi connectivity index (χ4v) is 3.66. The lowest BCUT2D eigenvalue weighted by molar-refractivity contribution is -0.111. The minimum Gasteiger partial charge on any atom is -0.744 e. The Morgan fingerprint density at radius 1 is 0.962 bits per heavy atom. The fourth-order valence-electron chi connectivity index (χ4n) is 2.97. The Morgan fingerprint density at radius 3 is 2.35 bits per heavy atom. The van der Waals surface area contributed by atoms with Crippen molar-refractivity contribution in [2.75, 3.05) is 0 Å². The zero-order chi connectivity index (χ0) is 18.9. The quantitative estimate of drug-likeness (QED) is 0.776. The molecule has 0 saturated heterocycles. The van der Waals surface area contributed by atoms with Crippen LogP contribution >= 0.6 is 0 Å². The van der Waals surface area contributed by atoms with Crippen LogP contribution in [0.3, 0.4) is 0 Å². The van der Waals surface area contributed by atoms with Crippen LogP contribution in [0.4, 0.5) is 0 Å². The molecule has 0 aliphatic heterocycles. The third-order valence-electron chi connectivity index (χ3n) is 4.20. The number of rotatable bonds is 3. The molecular weight excluding hydrogens is 348 g/mol. The van der Waals surface area contributed by atoms with Crippen molar-refractivity contribution in [2.45, 2.75) is 18.7 Å². The van der Waals surface area contributed by atoms with Crippen molar-refractivity contribution < 1.29 is 17.8 Å². The highest BCUT2D eigenvalue weighted by molar-refractivity contribution is 7.85. The molecule has 2 aromatic carbocycles. The van der Waals surface area contributed by atoms with E-state index in [1.165, 1.54) is 18.2 Å². The summed E-state index contributed by atoms with van der Waals surface area (Å²) in [5.41, 5.74) is 3.94. The summed E-state index contributed by atoms with van der Waals surface area (Å²) in [7, 11) is -4.66. The van der Waals surface area contributed by atoms with E-state index in [0.29, 0.717) is 22.3 Å². The van der Waals surface area contributed by atoms with Crippen molar-refractivity contribution in [3.63, 3.8) is 0 Å². The SMILES string of the molecule is CC1=C/C(=C(/c2cccc(C)c2)c2ccccc2S(=O)(=O)[O-])C=CC1=O. The number of hydrogen-bond acceptors (Lipinski definition) is 4. The van der Waals surface area contributed by atoms with Crippen LogP contribution in [-0.2, 0) is 14.9 Å². The molecule has 1 aliphatic carbocycles. The molecule has 0 aromatic heterocycles. The van der Waals surface area contributed by atoms with E-state index in [9.17, 15) is 17.8 Å². The molecule has 0 bridgehead atoms. The van der Waals surface area contributed by atoms with Crippen LogP contribution in [0.25, 0.3) is 5.57 Å². The first-order valence-corrected chi connectivity index (χ1v) is 9.45. The van der Waals surface area contributed by atoms with Crippen LogP contribution in [0.1, 0.15) is 23.6 Å². The highest BCUT2D eigenvalue weighted by Crippen LogP contribution is 2.34. The van der Waals surface area contributed by atoms with Crippen LogP contribution in [0.15, 0.2) is 82.8 Å². The number of aryl methyl sites for hydroxylation is 1. The maximum atomic E-state index is 11.8. The van der Waals surface area contributed by atoms with Gasteiger partial charge in [0.05, 0.1) is 4.90 Å². The minimum atomic E-state index is -4.66. The minimum absolute atomic E-state index is 0.0953. The molecule has 5 heteroatoms. The molecule has 3 rings (SSSR count). The summed E-state index contributed by atoms with van der Waals surface area (Å²) in [5.74, 6) is -0.0953. The molecule has 0 atom stereocenters. The second kappa shape index (κ2) is 6.86. The van der Waals surface area contributed by atoms with Gasteiger partial charge in [-0.1, -0.05) is 54.1 Å². The highest BCUT2D eigenvalue weighted by Gasteiger charge is 2.18. The van der Waals surface area contributed by atoms with E-state index >= 15 is 0 Å².